The molecule has 0 aromatic carbocycles. The summed E-state index contributed by atoms with van der Waals surface area (Å²) in [5.74, 6) is 0.963. The van der Waals surface area contributed by atoms with Gasteiger partial charge in [-0.25, -0.2) is 0 Å². The molecule has 1 fully saturated rings. The Labute approximate surface area is 99.7 Å². The molecule has 1 rings (SSSR count). The molecule has 2 atom stereocenters. The maximum Gasteiger partial charge on any atom is 0.226 e. The quantitative estimate of drug-likeness (QED) is 0.671. The molecule has 0 aliphatic heterocycles. The van der Waals surface area contributed by atoms with Crippen LogP contribution in [0.15, 0.2) is 11.6 Å². The predicted molar refractivity (Wildman–Crippen MR) is 68.1 cm³/mol. The van der Waals surface area contributed by atoms with Crippen molar-refractivity contribution in [3.8, 4) is 0 Å². The van der Waals surface area contributed by atoms with Crippen molar-refractivity contribution < 1.29 is 4.79 Å². The predicted octanol–water partition coefficient (Wildman–Crippen LogP) is 3.09. The van der Waals surface area contributed by atoms with E-state index in [0.717, 1.165) is 13.1 Å². The summed E-state index contributed by atoms with van der Waals surface area (Å²) in [5, 5.41) is 0. The van der Waals surface area contributed by atoms with Gasteiger partial charge in [-0.3, -0.25) is 4.79 Å². The van der Waals surface area contributed by atoms with Gasteiger partial charge in [-0.1, -0.05) is 25.5 Å². The Morgan fingerprint density at radius 3 is 2.12 bits per heavy atom. The summed E-state index contributed by atoms with van der Waals surface area (Å²) in [4.78, 5) is 14.2. The molecule has 0 aromatic heterocycles. The van der Waals surface area contributed by atoms with Crippen LogP contribution in [0.5, 0.6) is 0 Å². The highest BCUT2D eigenvalue weighted by molar-refractivity contribution is 5.83. The molecule has 0 radical (unpaired) electrons. The Hall–Kier alpha value is -0.790. The Morgan fingerprint density at radius 1 is 1.25 bits per heavy atom. The number of carbonyl (C=O) groups is 1. The summed E-state index contributed by atoms with van der Waals surface area (Å²) in [6.07, 6.45) is 2.26. The molecular formula is C14H25NO. The SMILES string of the molecule is CCN(CC)C(=O)[C@H]1[C@@H](C=C(C)C)C1(C)C. The van der Waals surface area contributed by atoms with Gasteiger partial charge in [0.15, 0.2) is 0 Å². The molecular weight excluding hydrogens is 198 g/mol. The highest BCUT2D eigenvalue weighted by atomic mass is 16.2. The zero-order chi connectivity index (χ0) is 12.5. The Kier molecular flexibility index (Phi) is 3.82. The maximum atomic E-state index is 12.3. The summed E-state index contributed by atoms with van der Waals surface area (Å²) in [6, 6.07) is 0. The van der Waals surface area contributed by atoms with Crippen molar-refractivity contribution in [1.82, 2.24) is 4.90 Å². The van der Waals surface area contributed by atoms with Crippen LogP contribution in [0.2, 0.25) is 0 Å². The summed E-state index contributed by atoms with van der Waals surface area (Å²) < 4.78 is 0. The van der Waals surface area contributed by atoms with Crippen molar-refractivity contribution in [2.45, 2.75) is 41.5 Å². The van der Waals surface area contributed by atoms with Gasteiger partial charge in [-0.05, 0) is 39.0 Å². The molecule has 1 aliphatic carbocycles. The molecule has 0 aromatic rings. The van der Waals surface area contributed by atoms with Gasteiger partial charge >= 0.3 is 0 Å². The normalized spacial score (nSPS) is 26.1. The Morgan fingerprint density at radius 2 is 1.75 bits per heavy atom. The van der Waals surface area contributed by atoms with Crippen molar-refractivity contribution in [1.29, 1.82) is 0 Å². The van der Waals surface area contributed by atoms with E-state index in [1.165, 1.54) is 5.57 Å². The molecule has 16 heavy (non-hydrogen) atoms. The first-order chi connectivity index (χ1) is 7.36. The first kappa shape index (κ1) is 13.3. The molecule has 2 heteroatoms. The van der Waals surface area contributed by atoms with Crippen LogP contribution in [0.3, 0.4) is 0 Å². The molecule has 1 amide bonds. The third-order valence-electron chi connectivity index (χ3n) is 3.76. The van der Waals surface area contributed by atoms with Crippen LogP contribution in [0, 0.1) is 17.3 Å². The van der Waals surface area contributed by atoms with E-state index in [1.54, 1.807) is 0 Å². The second-order valence-corrected chi connectivity index (χ2v) is 5.58. The maximum absolute atomic E-state index is 12.3. The van der Waals surface area contributed by atoms with Crippen LogP contribution < -0.4 is 0 Å². The first-order valence-electron chi connectivity index (χ1n) is 6.30. The molecule has 0 unspecified atom stereocenters. The highest BCUT2D eigenvalue weighted by Crippen LogP contribution is 2.60. The van der Waals surface area contributed by atoms with Gasteiger partial charge < -0.3 is 4.90 Å². The number of allylic oxidation sites excluding steroid dienone is 2. The summed E-state index contributed by atoms with van der Waals surface area (Å²) in [6.45, 7) is 14.3. The second kappa shape index (κ2) is 4.60. The van der Waals surface area contributed by atoms with E-state index in [1.807, 2.05) is 18.7 Å². The van der Waals surface area contributed by atoms with Crippen molar-refractivity contribution >= 4 is 5.91 Å². The number of nitrogens with zero attached hydrogens (tertiary/aromatic N) is 1. The van der Waals surface area contributed by atoms with Gasteiger partial charge in [0, 0.05) is 13.1 Å². The zero-order valence-electron chi connectivity index (χ0n) is 11.5. The third kappa shape index (κ3) is 2.31. The topological polar surface area (TPSA) is 20.3 Å². The minimum absolute atomic E-state index is 0.150. The van der Waals surface area contributed by atoms with Crippen molar-refractivity contribution in [3.05, 3.63) is 11.6 Å². The number of carbonyl (C=O) groups excluding carboxylic acids is 1. The number of hydrogen-bond acceptors (Lipinski definition) is 1. The Bertz CT molecular complexity index is 296. The van der Waals surface area contributed by atoms with Crippen LogP contribution in [0.4, 0.5) is 0 Å². The van der Waals surface area contributed by atoms with Gasteiger partial charge in [0.1, 0.15) is 0 Å². The molecule has 2 nitrogen and oxygen atoms in total. The lowest BCUT2D eigenvalue weighted by Gasteiger charge is -2.19. The van der Waals surface area contributed by atoms with Crippen LogP contribution >= 0.6 is 0 Å². The second-order valence-electron chi connectivity index (χ2n) is 5.58. The number of amides is 1. The molecule has 92 valence electrons. The molecule has 0 spiro atoms. The molecule has 1 aliphatic rings. The van der Waals surface area contributed by atoms with Gasteiger partial charge in [0.2, 0.25) is 5.91 Å². The average molecular weight is 223 g/mol. The van der Waals surface area contributed by atoms with Crippen LogP contribution in [0.25, 0.3) is 0 Å². The Balaban J connectivity index is 2.76. The van der Waals surface area contributed by atoms with E-state index in [0.29, 0.717) is 11.8 Å². The van der Waals surface area contributed by atoms with Crippen molar-refractivity contribution in [2.24, 2.45) is 17.3 Å². The largest absolute Gasteiger partial charge is 0.343 e. The molecule has 0 bridgehead atoms. The smallest absolute Gasteiger partial charge is 0.226 e. The van der Waals surface area contributed by atoms with Crippen molar-refractivity contribution in [2.75, 3.05) is 13.1 Å². The van der Waals surface area contributed by atoms with Gasteiger partial charge in [-0.2, -0.15) is 0 Å². The van der Waals surface area contributed by atoms with Gasteiger partial charge in [0.25, 0.3) is 0 Å². The summed E-state index contributed by atoms with van der Waals surface area (Å²) in [5.41, 5.74) is 1.46. The van der Waals surface area contributed by atoms with E-state index in [2.05, 4.69) is 33.8 Å². The fraction of sp³-hybridized carbons (Fsp3) is 0.786. The summed E-state index contributed by atoms with van der Waals surface area (Å²) >= 11 is 0. The van der Waals surface area contributed by atoms with Gasteiger partial charge in [-0.15, -0.1) is 0 Å². The molecule has 0 heterocycles. The highest BCUT2D eigenvalue weighted by Gasteiger charge is 2.60. The number of rotatable bonds is 4. The lowest BCUT2D eigenvalue weighted by molar-refractivity contribution is -0.133. The molecule has 0 saturated heterocycles. The zero-order valence-corrected chi connectivity index (χ0v) is 11.5. The third-order valence-corrected chi connectivity index (χ3v) is 3.76. The summed E-state index contributed by atoms with van der Waals surface area (Å²) in [7, 11) is 0. The van der Waals surface area contributed by atoms with Crippen LogP contribution in [0.1, 0.15) is 41.5 Å². The van der Waals surface area contributed by atoms with Crippen LogP contribution in [-0.4, -0.2) is 23.9 Å². The standard InChI is InChI=1S/C14H25NO/c1-7-15(8-2)13(16)12-11(9-10(3)4)14(12,5)6/h9,11-12H,7-8H2,1-6H3/t11-,12-/m1/s1. The minimum atomic E-state index is 0.150. The van der Waals surface area contributed by atoms with E-state index in [-0.39, 0.29) is 11.3 Å². The lowest BCUT2D eigenvalue weighted by atomic mass is 10.1. The van der Waals surface area contributed by atoms with Crippen LogP contribution in [-0.2, 0) is 4.79 Å². The fourth-order valence-electron chi connectivity index (χ4n) is 2.55. The van der Waals surface area contributed by atoms with E-state index >= 15 is 0 Å². The minimum Gasteiger partial charge on any atom is -0.343 e. The first-order valence-corrected chi connectivity index (χ1v) is 6.30. The van der Waals surface area contributed by atoms with E-state index in [4.69, 9.17) is 0 Å². The van der Waals surface area contributed by atoms with Gasteiger partial charge in [0.05, 0.1) is 5.92 Å². The lowest BCUT2D eigenvalue weighted by Crippen LogP contribution is -2.33. The van der Waals surface area contributed by atoms with E-state index < -0.39 is 0 Å². The van der Waals surface area contributed by atoms with E-state index in [9.17, 15) is 4.79 Å². The average Bonchev–Trinajstić information content (AvgIpc) is 2.68. The molecule has 1 saturated carbocycles. The number of hydrogen-bond donors (Lipinski definition) is 0. The van der Waals surface area contributed by atoms with Crippen molar-refractivity contribution in [3.63, 3.8) is 0 Å². The monoisotopic (exact) mass is 223 g/mol. The fourth-order valence-corrected chi connectivity index (χ4v) is 2.55. The molecule has 0 N–H and O–H groups in total.